The van der Waals surface area contributed by atoms with Crippen LogP contribution in [0.15, 0.2) is 30.3 Å². The second-order valence-corrected chi connectivity index (χ2v) is 4.81. The van der Waals surface area contributed by atoms with E-state index in [2.05, 4.69) is 0 Å². The van der Waals surface area contributed by atoms with Crippen LogP contribution in [0.3, 0.4) is 0 Å². The topological polar surface area (TPSA) is 29.5 Å². The minimum Gasteiger partial charge on any atom is -0.393 e. The number of hydrogen-bond acceptors (Lipinski definition) is 2. The smallest absolute Gasteiger partial charge is 0.296 e. The monoisotopic (exact) mass is 256 g/mol. The maximum Gasteiger partial charge on any atom is 0.296 e. The summed E-state index contributed by atoms with van der Waals surface area (Å²) >= 11 is 0. The van der Waals surface area contributed by atoms with Gasteiger partial charge in [0.2, 0.25) is 0 Å². The molecular formula is C14H18F2O2. The lowest BCUT2D eigenvalue weighted by atomic mass is 9.95. The molecule has 1 aromatic rings. The molecule has 1 aliphatic rings. The van der Waals surface area contributed by atoms with Crippen molar-refractivity contribution in [3.8, 4) is 0 Å². The van der Waals surface area contributed by atoms with Crippen molar-refractivity contribution in [2.24, 2.45) is 0 Å². The van der Waals surface area contributed by atoms with E-state index in [1.54, 1.807) is 18.2 Å². The van der Waals surface area contributed by atoms with Crippen molar-refractivity contribution >= 4 is 0 Å². The number of rotatable bonds is 4. The zero-order chi connectivity index (χ0) is 13.0. The standard InChI is InChI=1S/C14H18F2O2/c15-14(16,11-4-2-1-3-5-11)10-18-13-8-6-12(17)7-9-13/h1-5,12-13,17H,6-10H2. The van der Waals surface area contributed by atoms with Gasteiger partial charge in [0.15, 0.2) is 0 Å². The van der Waals surface area contributed by atoms with E-state index >= 15 is 0 Å². The van der Waals surface area contributed by atoms with Crippen LogP contribution in [0.5, 0.6) is 0 Å². The highest BCUT2D eigenvalue weighted by molar-refractivity contribution is 5.19. The summed E-state index contributed by atoms with van der Waals surface area (Å²) in [5.74, 6) is -2.95. The maximum atomic E-state index is 13.8. The normalized spacial score (nSPS) is 25.1. The Kier molecular flexibility index (Phi) is 4.30. The molecular weight excluding hydrogens is 238 g/mol. The fourth-order valence-corrected chi connectivity index (χ4v) is 2.20. The van der Waals surface area contributed by atoms with Crippen molar-refractivity contribution in [1.82, 2.24) is 0 Å². The van der Waals surface area contributed by atoms with Crippen molar-refractivity contribution in [3.05, 3.63) is 35.9 Å². The molecule has 0 radical (unpaired) electrons. The van der Waals surface area contributed by atoms with Crippen LogP contribution < -0.4 is 0 Å². The van der Waals surface area contributed by atoms with Gasteiger partial charge in [-0.3, -0.25) is 0 Å². The third kappa shape index (κ3) is 3.50. The molecule has 100 valence electrons. The Hall–Kier alpha value is -1.00. The molecule has 0 saturated heterocycles. The van der Waals surface area contributed by atoms with Crippen LogP contribution in [0.1, 0.15) is 31.2 Å². The summed E-state index contributed by atoms with van der Waals surface area (Å²) in [6.45, 7) is -0.586. The van der Waals surface area contributed by atoms with Crippen LogP contribution in [0.25, 0.3) is 0 Å². The first-order valence-corrected chi connectivity index (χ1v) is 6.31. The van der Waals surface area contributed by atoms with Gasteiger partial charge in [0.1, 0.15) is 6.61 Å². The molecule has 1 aromatic carbocycles. The van der Waals surface area contributed by atoms with E-state index in [9.17, 15) is 13.9 Å². The summed E-state index contributed by atoms with van der Waals surface area (Å²) in [5.41, 5.74) is -0.0131. The van der Waals surface area contributed by atoms with E-state index in [4.69, 9.17) is 4.74 Å². The third-order valence-electron chi connectivity index (χ3n) is 3.34. The van der Waals surface area contributed by atoms with Gasteiger partial charge in [0, 0.05) is 5.56 Å². The van der Waals surface area contributed by atoms with Gasteiger partial charge in [0.05, 0.1) is 12.2 Å². The van der Waals surface area contributed by atoms with Crippen LogP contribution in [-0.4, -0.2) is 23.9 Å². The van der Waals surface area contributed by atoms with E-state index < -0.39 is 12.5 Å². The average molecular weight is 256 g/mol. The second-order valence-electron chi connectivity index (χ2n) is 4.81. The average Bonchev–Trinajstić information content (AvgIpc) is 2.39. The Labute approximate surface area is 106 Å². The van der Waals surface area contributed by atoms with E-state index in [0.717, 1.165) is 0 Å². The summed E-state index contributed by atoms with van der Waals surface area (Å²) in [7, 11) is 0. The van der Waals surface area contributed by atoms with Crippen molar-refractivity contribution in [1.29, 1.82) is 0 Å². The molecule has 0 aliphatic heterocycles. The van der Waals surface area contributed by atoms with Gasteiger partial charge in [-0.05, 0) is 25.7 Å². The van der Waals surface area contributed by atoms with E-state index in [1.165, 1.54) is 12.1 Å². The third-order valence-corrected chi connectivity index (χ3v) is 3.34. The molecule has 1 fully saturated rings. The summed E-state index contributed by atoms with van der Waals surface area (Å²) in [4.78, 5) is 0. The zero-order valence-corrected chi connectivity index (χ0v) is 10.2. The zero-order valence-electron chi connectivity index (χ0n) is 10.2. The summed E-state index contributed by atoms with van der Waals surface area (Å²) in [6.07, 6.45) is 2.16. The first-order chi connectivity index (χ1) is 8.58. The van der Waals surface area contributed by atoms with Crippen LogP contribution in [0.2, 0.25) is 0 Å². The van der Waals surface area contributed by atoms with Gasteiger partial charge >= 0.3 is 0 Å². The Bertz CT molecular complexity index is 359. The Morgan fingerprint density at radius 2 is 1.72 bits per heavy atom. The Morgan fingerprint density at radius 3 is 2.33 bits per heavy atom. The number of benzene rings is 1. The Balaban J connectivity index is 1.86. The molecule has 0 spiro atoms. The lowest BCUT2D eigenvalue weighted by molar-refractivity contribution is -0.115. The highest BCUT2D eigenvalue weighted by Crippen LogP contribution is 2.30. The summed E-state index contributed by atoms with van der Waals surface area (Å²) < 4.78 is 32.9. The van der Waals surface area contributed by atoms with Crippen LogP contribution in [0, 0.1) is 0 Å². The minimum absolute atomic E-state index is 0.0131. The lowest BCUT2D eigenvalue weighted by Gasteiger charge is -2.27. The molecule has 1 saturated carbocycles. The molecule has 0 bridgehead atoms. The quantitative estimate of drug-likeness (QED) is 0.897. The number of hydrogen-bond donors (Lipinski definition) is 1. The minimum atomic E-state index is -2.95. The summed E-state index contributed by atoms with van der Waals surface area (Å²) in [6, 6.07) is 7.73. The number of aliphatic hydroxyl groups is 1. The number of halogens is 2. The SMILES string of the molecule is OC1CCC(OCC(F)(F)c2ccccc2)CC1. The molecule has 2 nitrogen and oxygen atoms in total. The maximum absolute atomic E-state index is 13.8. The molecule has 4 heteroatoms. The molecule has 0 heterocycles. The van der Waals surface area contributed by atoms with E-state index in [0.29, 0.717) is 25.7 Å². The molecule has 0 atom stereocenters. The predicted octanol–water partition coefficient (Wildman–Crippen LogP) is 3.10. The van der Waals surface area contributed by atoms with Crippen LogP contribution in [0.4, 0.5) is 8.78 Å². The second kappa shape index (κ2) is 5.76. The van der Waals surface area contributed by atoms with Crippen LogP contribution in [-0.2, 0) is 10.7 Å². The van der Waals surface area contributed by atoms with Gasteiger partial charge in [0.25, 0.3) is 5.92 Å². The van der Waals surface area contributed by atoms with E-state index in [-0.39, 0.29) is 17.8 Å². The predicted molar refractivity (Wildman–Crippen MR) is 64.6 cm³/mol. The highest BCUT2D eigenvalue weighted by atomic mass is 19.3. The Morgan fingerprint density at radius 1 is 1.11 bits per heavy atom. The molecule has 1 N–H and O–H groups in total. The number of aliphatic hydroxyl groups excluding tert-OH is 1. The molecule has 2 rings (SSSR count). The fraction of sp³-hybridized carbons (Fsp3) is 0.571. The van der Waals surface area contributed by atoms with Crippen molar-refractivity contribution < 1.29 is 18.6 Å². The van der Waals surface area contributed by atoms with Crippen molar-refractivity contribution in [3.63, 3.8) is 0 Å². The first kappa shape index (κ1) is 13.4. The highest BCUT2D eigenvalue weighted by Gasteiger charge is 2.33. The lowest BCUT2D eigenvalue weighted by Crippen LogP contribution is -2.29. The molecule has 0 unspecified atom stereocenters. The number of ether oxygens (including phenoxy) is 1. The van der Waals surface area contributed by atoms with Gasteiger partial charge in [-0.1, -0.05) is 30.3 Å². The molecule has 0 aromatic heterocycles. The van der Waals surface area contributed by atoms with Crippen molar-refractivity contribution in [2.75, 3.05) is 6.61 Å². The summed E-state index contributed by atoms with van der Waals surface area (Å²) in [5, 5.41) is 9.33. The molecule has 18 heavy (non-hydrogen) atoms. The fourth-order valence-electron chi connectivity index (χ4n) is 2.20. The van der Waals surface area contributed by atoms with Gasteiger partial charge in [-0.2, -0.15) is 8.78 Å². The van der Waals surface area contributed by atoms with Crippen LogP contribution >= 0.6 is 0 Å². The molecule has 1 aliphatic carbocycles. The largest absolute Gasteiger partial charge is 0.393 e. The van der Waals surface area contributed by atoms with Gasteiger partial charge in [-0.25, -0.2) is 0 Å². The van der Waals surface area contributed by atoms with Gasteiger partial charge in [-0.15, -0.1) is 0 Å². The molecule has 0 amide bonds. The van der Waals surface area contributed by atoms with Crippen molar-refractivity contribution in [2.45, 2.75) is 43.8 Å². The first-order valence-electron chi connectivity index (χ1n) is 6.31. The number of alkyl halides is 2. The van der Waals surface area contributed by atoms with E-state index in [1.807, 2.05) is 0 Å². The van der Waals surface area contributed by atoms with Gasteiger partial charge < -0.3 is 9.84 Å².